The zero-order chi connectivity index (χ0) is 12.8. The third kappa shape index (κ3) is 3.99. The third-order valence-corrected chi connectivity index (χ3v) is 4.86. The Balaban J connectivity index is 1.79. The summed E-state index contributed by atoms with van der Waals surface area (Å²) >= 11 is 1.67. The molecule has 1 aliphatic carbocycles. The highest BCUT2D eigenvalue weighted by atomic mass is 32.1. The monoisotopic (exact) mass is 267 g/mol. The Labute approximate surface area is 114 Å². The summed E-state index contributed by atoms with van der Waals surface area (Å²) in [6.07, 6.45) is 8.59. The zero-order valence-electron chi connectivity index (χ0n) is 11.3. The highest BCUT2D eigenvalue weighted by molar-refractivity contribution is 7.10. The molecule has 2 rings (SSSR count). The second kappa shape index (κ2) is 7.15. The first-order valence-corrected chi connectivity index (χ1v) is 8.18. The molecule has 1 aliphatic rings. The van der Waals surface area contributed by atoms with Gasteiger partial charge in [0.05, 0.1) is 6.10 Å². The van der Waals surface area contributed by atoms with Crippen LogP contribution in [0.4, 0.5) is 5.69 Å². The molecule has 1 saturated carbocycles. The maximum atomic E-state index is 9.93. The molecule has 3 heteroatoms. The molecular weight excluding hydrogens is 242 g/mol. The summed E-state index contributed by atoms with van der Waals surface area (Å²) < 4.78 is 0. The van der Waals surface area contributed by atoms with Gasteiger partial charge in [0.1, 0.15) is 0 Å². The van der Waals surface area contributed by atoms with Gasteiger partial charge in [0.25, 0.3) is 0 Å². The SMILES string of the molecule is CCCC(O)c1cc(NCC2CCCCC2)cs1. The van der Waals surface area contributed by atoms with Gasteiger partial charge in [-0.15, -0.1) is 11.3 Å². The molecule has 1 atom stereocenters. The van der Waals surface area contributed by atoms with Crippen molar-refractivity contribution in [3.63, 3.8) is 0 Å². The Bertz CT molecular complexity index is 344. The fourth-order valence-electron chi connectivity index (χ4n) is 2.69. The van der Waals surface area contributed by atoms with E-state index in [0.29, 0.717) is 0 Å². The second-order valence-electron chi connectivity index (χ2n) is 5.43. The van der Waals surface area contributed by atoms with Crippen LogP contribution in [0.3, 0.4) is 0 Å². The van der Waals surface area contributed by atoms with Crippen LogP contribution in [-0.2, 0) is 0 Å². The van der Waals surface area contributed by atoms with E-state index in [-0.39, 0.29) is 6.10 Å². The molecule has 2 nitrogen and oxygen atoms in total. The van der Waals surface area contributed by atoms with Crippen molar-refractivity contribution in [2.45, 2.75) is 58.0 Å². The summed E-state index contributed by atoms with van der Waals surface area (Å²) in [5, 5.41) is 15.6. The highest BCUT2D eigenvalue weighted by Gasteiger charge is 2.14. The topological polar surface area (TPSA) is 32.3 Å². The van der Waals surface area contributed by atoms with Gasteiger partial charge in [0.15, 0.2) is 0 Å². The van der Waals surface area contributed by atoms with Gasteiger partial charge in [-0.05, 0) is 31.2 Å². The summed E-state index contributed by atoms with van der Waals surface area (Å²) in [6, 6.07) is 2.12. The first-order chi connectivity index (χ1) is 8.79. The number of hydrogen-bond acceptors (Lipinski definition) is 3. The predicted molar refractivity (Wildman–Crippen MR) is 79.3 cm³/mol. The van der Waals surface area contributed by atoms with E-state index in [4.69, 9.17) is 0 Å². The lowest BCUT2D eigenvalue weighted by Crippen LogP contribution is -2.16. The molecule has 1 fully saturated rings. The molecular formula is C15H25NOS. The molecule has 1 heterocycles. The number of hydrogen-bond donors (Lipinski definition) is 2. The van der Waals surface area contributed by atoms with Gasteiger partial charge >= 0.3 is 0 Å². The van der Waals surface area contributed by atoms with Crippen LogP contribution in [0, 0.1) is 5.92 Å². The molecule has 1 aromatic heterocycles. The molecule has 0 amide bonds. The van der Waals surface area contributed by atoms with Gasteiger partial charge in [-0.3, -0.25) is 0 Å². The average molecular weight is 267 g/mol. The van der Waals surface area contributed by atoms with E-state index < -0.39 is 0 Å². The summed E-state index contributed by atoms with van der Waals surface area (Å²) in [5.41, 5.74) is 1.19. The van der Waals surface area contributed by atoms with Crippen LogP contribution in [-0.4, -0.2) is 11.7 Å². The average Bonchev–Trinajstić information content (AvgIpc) is 2.87. The van der Waals surface area contributed by atoms with Crippen molar-refractivity contribution in [3.8, 4) is 0 Å². The zero-order valence-corrected chi connectivity index (χ0v) is 12.1. The number of nitrogens with one attached hydrogen (secondary N) is 1. The van der Waals surface area contributed by atoms with E-state index in [2.05, 4.69) is 23.7 Å². The summed E-state index contributed by atoms with van der Waals surface area (Å²) in [4.78, 5) is 1.10. The van der Waals surface area contributed by atoms with Crippen molar-refractivity contribution in [2.24, 2.45) is 5.92 Å². The second-order valence-corrected chi connectivity index (χ2v) is 6.37. The van der Waals surface area contributed by atoms with Crippen LogP contribution in [0.15, 0.2) is 11.4 Å². The molecule has 0 spiro atoms. The minimum Gasteiger partial charge on any atom is -0.388 e. The van der Waals surface area contributed by atoms with Gasteiger partial charge < -0.3 is 10.4 Å². The van der Waals surface area contributed by atoms with Gasteiger partial charge in [-0.1, -0.05) is 32.6 Å². The van der Waals surface area contributed by atoms with E-state index in [0.717, 1.165) is 30.2 Å². The fourth-order valence-corrected chi connectivity index (χ4v) is 3.57. The van der Waals surface area contributed by atoms with Crippen molar-refractivity contribution in [1.82, 2.24) is 0 Å². The molecule has 1 aromatic rings. The number of aliphatic hydroxyl groups is 1. The minimum absolute atomic E-state index is 0.273. The first-order valence-electron chi connectivity index (χ1n) is 7.30. The maximum Gasteiger partial charge on any atom is 0.0882 e. The molecule has 18 heavy (non-hydrogen) atoms. The van der Waals surface area contributed by atoms with Crippen LogP contribution in [0.25, 0.3) is 0 Å². The van der Waals surface area contributed by atoms with Gasteiger partial charge in [-0.25, -0.2) is 0 Å². The smallest absolute Gasteiger partial charge is 0.0882 e. The standard InChI is InChI=1S/C15H25NOS/c1-2-6-14(17)15-9-13(11-18-15)16-10-12-7-4-3-5-8-12/h9,11-12,14,16-17H,2-8,10H2,1H3. The maximum absolute atomic E-state index is 9.93. The molecule has 0 aromatic carbocycles. The predicted octanol–water partition coefficient (Wildman–Crippen LogP) is 4.57. The Morgan fingerprint density at radius 3 is 2.89 bits per heavy atom. The van der Waals surface area contributed by atoms with Gasteiger partial charge in [0, 0.05) is 22.5 Å². The van der Waals surface area contributed by atoms with E-state index >= 15 is 0 Å². The van der Waals surface area contributed by atoms with Crippen LogP contribution >= 0.6 is 11.3 Å². The normalized spacial score (nSPS) is 18.8. The summed E-state index contributed by atoms with van der Waals surface area (Å²) in [5.74, 6) is 0.850. The van der Waals surface area contributed by atoms with Gasteiger partial charge in [-0.2, -0.15) is 0 Å². The molecule has 1 unspecified atom stereocenters. The van der Waals surface area contributed by atoms with E-state index in [1.54, 1.807) is 11.3 Å². The minimum atomic E-state index is -0.273. The van der Waals surface area contributed by atoms with Crippen LogP contribution < -0.4 is 5.32 Å². The molecule has 0 radical (unpaired) electrons. The van der Waals surface area contributed by atoms with Crippen molar-refractivity contribution in [2.75, 3.05) is 11.9 Å². The molecule has 102 valence electrons. The van der Waals surface area contributed by atoms with Crippen molar-refractivity contribution in [3.05, 3.63) is 16.3 Å². The Hall–Kier alpha value is -0.540. The highest BCUT2D eigenvalue weighted by Crippen LogP contribution is 2.29. The van der Waals surface area contributed by atoms with Crippen LogP contribution in [0.1, 0.15) is 62.9 Å². The van der Waals surface area contributed by atoms with Crippen LogP contribution in [0.2, 0.25) is 0 Å². The number of aliphatic hydroxyl groups excluding tert-OH is 1. The first kappa shape index (κ1) is 13.9. The number of rotatable bonds is 6. The summed E-state index contributed by atoms with van der Waals surface area (Å²) in [7, 11) is 0. The van der Waals surface area contributed by atoms with Gasteiger partial charge in [0.2, 0.25) is 0 Å². The Morgan fingerprint density at radius 1 is 1.39 bits per heavy atom. The largest absolute Gasteiger partial charge is 0.388 e. The number of anilines is 1. The summed E-state index contributed by atoms with van der Waals surface area (Å²) in [6.45, 7) is 3.21. The Kier molecular flexibility index (Phi) is 5.51. The Morgan fingerprint density at radius 2 is 2.17 bits per heavy atom. The lowest BCUT2D eigenvalue weighted by atomic mass is 9.89. The van der Waals surface area contributed by atoms with Crippen molar-refractivity contribution in [1.29, 1.82) is 0 Å². The molecule has 2 N–H and O–H groups in total. The van der Waals surface area contributed by atoms with E-state index in [1.807, 2.05) is 0 Å². The lowest BCUT2D eigenvalue weighted by molar-refractivity contribution is 0.170. The van der Waals surface area contributed by atoms with Crippen molar-refractivity contribution < 1.29 is 5.11 Å². The third-order valence-electron chi connectivity index (χ3n) is 3.83. The van der Waals surface area contributed by atoms with E-state index in [9.17, 15) is 5.11 Å². The van der Waals surface area contributed by atoms with Crippen LogP contribution in [0.5, 0.6) is 0 Å². The molecule has 0 saturated heterocycles. The van der Waals surface area contributed by atoms with Crippen molar-refractivity contribution >= 4 is 17.0 Å². The quantitative estimate of drug-likeness (QED) is 0.791. The number of thiophene rings is 1. The molecule has 0 bridgehead atoms. The molecule has 0 aliphatic heterocycles. The fraction of sp³-hybridized carbons (Fsp3) is 0.733. The van der Waals surface area contributed by atoms with E-state index in [1.165, 1.54) is 37.8 Å². The lowest BCUT2D eigenvalue weighted by Gasteiger charge is -2.21.